The lowest BCUT2D eigenvalue weighted by molar-refractivity contribution is -0.131. The number of allylic oxidation sites excluding steroid dienone is 1. The smallest absolute Gasteiger partial charge is 0.327 e. The van der Waals surface area contributed by atoms with Crippen molar-refractivity contribution in [3.05, 3.63) is 30.0 Å². The van der Waals surface area contributed by atoms with Gasteiger partial charge in [0.15, 0.2) is 0 Å². The Kier molecular flexibility index (Phi) is 4.12. The van der Waals surface area contributed by atoms with E-state index in [1.54, 1.807) is 12.3 Å². The van der Waals surface area contributed by atoms with Crippen LogP contribution in [-0.4, -0.2) is 19.1 Å². The van der Waals surface area contributed by atoms with Crippen molar-refractivity contribution in [3.8, 4) is 0 Å². The number of carboxylic acids is 1. The predicted octanol–water partition coefficient (Wildman–Crippen LogP) is 2.40. The average molecular weight is 238 g/mol. The molecular weight excluding hydrogens is 220 g/mol. The Morgan fingerprint density at radius 2 is 2.19 bits per heavy atom. The van der Waals surface area contributed by atoms with Gasteiger partial charge in [0.25, 0.3) is 0 Å². The summed E-state index contributed by atoms with van der Waals surface area (Å²) < 4.78 is 5.53. The van der Waals surface area contributed by atoms with Crippen molar-refractivity contribution in [2.75, 3.05) is 0 Å². The first-order valence-electron chi connectivity index (χ1n) is 5.37. The summed E-state index contributed by atoms with van der Waals surface area (Å²) in [6, 6.07) is 2.10. The molecule has 1 rings (SSSR count). The van der Waals surface area contributed by atoms with E-state index in [2.05, 4.69) is 25.7 Å². The Morgan fingerprint density at radius 1 is 1.50 bits per heavy atom. The minimum Gasteiger partial charge on any atom is -0.478 e. The number of aliphatic carboxylic acids is 1. The van der Waals surface area contributed by atoms with Gasteiger partial charge in [0.1, 0.15) is 8.07 Å². The van der Waals surface area contributed by atoms with Crippen molar-refractivity contribution in [2.24, 2.45) is 0 Å². The van der Waals surface area contributed by atoms with Gasteiger partial charge in [0.05, 0.1) is 11.6 Å². The lowest BCUT2D eigenvalue weighted by atomic mass is 10.2. The molecule has 0 aromatic carbocycles. The van der Waals surface area contributed by atoms with E-state index in [4.69, 9.17) is 9.52 Å². The first-order chi connectivity index (χ1) is 7.39. The summed E-state index contributed by atoms with van der Waals surface area (Å²) in [5.41, 5.74) is 1.15. The molecule has 1 aromatic rings. The summed E-state index contributed by atoms with van der Waals surface area (Å²) >= 11 is 0. The number of carbonyl (C=O) groups is 1. The van der Waals surface area contributed by atoms with Crippen molar-refractivity contribution < 1.29 is 14.3 Å². The molecular formula is C12H18O3Si. The highest BCUT2D eigenvalue weighted by atomic mass is 28.3. The third-order valence-corrected chi connectivity index (χ3v) is 3.99. The van der Waals surface area contributed by atoms with E-state index in [9.17, 15) is 4.79 Å². The van der Waals surface area contributed by atoms with Crippen LogP contribution in [0.15, 0.2) is 28.9 Å². The van der Waals surface area contributed by atoms with Crippen LogP contribution >= 0.6 is 0 Å². The number of furan rings is 1. The zero-order valence-electron chi connectivity index (χ0n) is 9.99. The maximum absolute atomic E-state index is 10.2. The van der Waals surface area contributed by atoms with Gasteiger partial charge in [0, 0.05) is 6.08 Å². The van der Waals surface area contributed by atoms with Crippen LogP contribution in [0.1, 0.15) is 12.0 Å². The predicted molar refractivity (Wildman–Crippen MR) is 66.8 cm³/mol. The first-order valence-corrected chi connectivity index (χ1v) is 8.87. The summed E-state index contributed by atoms with van der Waals surface area (Å²) in [7, 11) is -1.36. The highest BCUT2D eigenvalue weighted by molar-refractivity contribution is 6.87. The van der Waals surface area contributed by atoms with Gasteiger partial charge in [-0.05, 0) is 24.5 Å². The molecule has 0 amide bonds. The molecule has 0 aliphatic heterocycles. The fourth-order valence-corrected chi connectivity index (χ4v) is 2.37. The molecule has 0 bridgehead atoms. The molecule has 0 aliphatic carbocycles. The summed E-state index contributed by atoms with van der Waals surface area (Å²) in [5, 5.41) is 9.52. The van der Waals surface area contributed by atoms with Crippen molar-refractivity contribution in [3.63, 3.8) is 0 Å². The molecule has 1 aromatic heterocycles. The monoisotopic (exact) mass is 238 g/mol. The minimum absolute atomic E-state index is 0.733. The summed E-state index contributed by atoms with van der Waals surface area (Å²) in [6.45, 7) is 6.71. The quantitative estimate of drug-likeness (QED) is 0.633. The zero-order valence-corrected chi connectivity index (χ0v) is 11.0. The highest BCUT2D eigenvalue weighted by Gasteiger charge is 2.20. The Morgan fingerprint density at radius 3 is 2.69 bits per heavy atom. The van der Waals surface area contributed by atoms with Gasteiger partial charge in [-0.2, -0.15) is 0 Å². The van der Waals surface area contributed by atoms with Gasteiger partial charge in [0.2, 0.25) is 0 Å². The molecule has 4 heteroatoms. The molecule has 0 unspecified atom stereocenters. The molecule has 0 saturated carbocycles. The Labute approximate surface area is 96.8 Å². The van der Waals surface area contributed by atoms with Crippen LogP contribution in [-0.2, 0) is 11.2 Å². The molecule has 88 valence electrons. The standard InChI is InChI=1S/C12H18O3Si/c1-16(2,3)12-8-10(9-15-12)6-4-5-7-11(13)14/h5,7-9H,4,6H2,1-3H3,(H,13,14). The maximum Gasteiger partial charge on any atom is 0.327 e. The summed E-state index contributed by atoms with van der Waals surface area (Å²) in [4.78, 5) is 10.2. The van der Waals surface area contributed by atoms with Crippen LogP contribution < -0.4 is 5.38 Å². The summed E-state index contributed by atoms with van der Waals surface area (Å²) in [6.07, 6.45) is 6.19. The fourth-order valence-electron chi connectivity index (χ4n) is 1.33. The van der Waals surface area contributed by atoms with Crippen LogP contribution in [0.5, 0.6) is 0 Å². The number of carboxylic acid groups (broad SMARTS) is 1. The second-order valence-electron chi connectivity index (χ2n) is 4.85. The van der Waals surface area contributed by atoms with Crippen molar-refractivity contribution in [1.29, 1.82) is 0 Å². The van der Waals surface area contributed by atoms with E-state index < -0.39 is 14.0 Å². The Hall–Kier alpha value is -1.29. The Balaban J connectivity index is 2.50. The SMILES string of the molecule is C[Si](C)(C)c1cc(CCC=CC(=O)O)co1. The highest BCUT2D eigenvalue weighted by Crippen LogP contribution is 2.08. The average Bonchev–Trinajstić information content (AvgIpc) is 2.59. The number of hydrogen-bond acceptors (Lipinski definition) is 2. The van der Waals surface area contributed by atoms with Gasteiger partial charge in [-0.25, -0.2) is 4.79 Å². The molecule has 0 aliphatic rings. The zero-order chi connectivity index (χ0) is 12.2. The van der Waals surface area contributed by atoms with E-state index in [1.165, 1.54) is 6.08 Å². The minimum atomic E-state index is -1.36. The molecule has 1 heterocycles. The van der Waals surface area contributed by atoms with Crippen molar-refractivity contribution in [1.82, 2.24) is 0 Å². The Bertz CT molecular complexity index is 385. The molecule has 0 spiro atoms. The molecule has 1 N–H and O–H groups in total. The van der Waals surface area contributed by atoms with Gasteiger partial charge < -0.3 is 9.52 Å². The molecule has 3 nitrogen and oxygen atoms in total. The van der Waals surface area contributed by atoms with Gasteiger partial charge in [-0.15, -0.1) is 0 Å². The van der Waals surface area contributed by atoms with Crippen LogP contribution in [0.25, 0.3) is 0 Å². The van der Waals surface area contributed by atoms with Gasteiger partial charge in [-0.1, -0.05) is 25.7 Å². The van der Waals surface area contributed by atoms with Crippen LogP contribution in [0, 0.1) is 0 Å². The lowest BCUT2D eigenvalue weighted by Crippen LogP contribution is -2.36. The third-order valence-electron chi connectivity index (χ3n) is 2.25. The second-order valence-corrected chi connectivity index (χ2v) is 9.84. The van der Waals surface area contributed by atoms with Crippen LogP contribution in [0.3, 0.4) is 0 Å². The van der Waals surface area contributed by atoms with Crippen molar-refractivity contribution >= 4 is 19.4 Å². The number of hydrogen-bond donors (Lipinski definition) is 1. The normalized spacial score (nSPS) is 12.2. The van der Waals surface area contributed by atoms with Gasteiger partial charge in [-0.3, -0.25) is 0 Å². The summed E-state index contributed by atoms with van der Waals surface area (Å²) in [5.74, 6) is -0.894. The second kappa shape index (κ2) is 5.16. The molecule has 0 saturated heterocycles. The van der Waals surface area contributed by atoms with Crippen LogP contribution in [0.2, 0.25) is 19.6 Å². The number of aryl methyl sites for hydroxylation is 1. The van der Waals surface area contributed by atoms with E-state index in [-0.39, 0.29) is 0 Å². The molecule has 16 heavy (non-hydrogen) atoms. The van der Waals surface area contributed by atoms with E-state index in [0.29, 0.717) is 0 Å². The third kappa shape index (κ3) is 4.06. The molecule has 0 fully saturated rings. The molecule has 0 radical (unpaired) electrons. The largest absolute Gasteiger partial charge is 0.478 e. The van der Waals surface area contributed by atoms with Crippen LogP contribution in [0.4, 0.5) is 0 Å². The van der Waals surface area contributed by atoms with Crippen molar-refractivity contribution in [2.45, 2.75) is 32.5 Å². The maximum atomic E-state index is 10.2. The fraction of sp³-hybridized carbons (Fsp3) is 0.417. The van der Waals surface area contributed by atoms with Gasteiger partial charge >= 0.3 is 5.97 Å². The lowest BCUT2D eigenvalue weighted by Gasteiger charge is -2.10. The van der Waals surface area contributed by atoms with E-state index in [1.807, 2.05) is 0 Å². The molecule has 0 atom stereocenters. The van der Waals surface area contributed by atoms with E-state index >= 15 is 0 Å². The van der Waals surface area contributed by atoms with E-state index in [0.717, 1.165) is 23.8 Å². The number of rotatable bonds is 5. The first kappa shape index (κ1) is 12.8. The topological polar surface area (TPSA) is 50.4 Å².